The zero-order chi connectivity index (χ0) is 16.5. The Morgan fingerprint density at radius 2 is 1.86 bits per heavy atom. The Labute approximate surface area is 131 Å². The number of alkyl halides is 3. The SMILES string of the molecule is N#Cc1cc(NC=O)n(-c2c(Cl)cc(C(F)(F)F)cc2Cl)n1. The molecule has 2 aromatic rings. The molecule has 0 aliphatic rings. The summed E-state index contributed by atoms with van der Waals surface area (Å²) in [7, 11) is 0. The number of hydrogen-bond acceptors (Lipinski definition) is 3. The smallest absolute Gasteiger partial charge is 0.313 e. The van der Waals surface area contributed by atoms with Crippen molar-refractivity contribution in [3.63, 3.8) is 0 Å². The van der Waals surface area contributed by atoms with Gasteiger partial charge in [-0.1, -0.05) is 23.2 Å². The maximum Gasteiger partial charge on any atom is 0.416 e. The van der Waals surface area contributed by atoms with Gasteiger partial charge in [-0.3, -0.25) is 4.79 Å². The maximum absolute atomic E-state index is 12.7. The van der Waals surface area contributed by atoms with Crippen molar-refractivity contribution in [3.05, 3.63) is 39.5 Å². The molecule has 10 heteroatoms. The Hall–Kier alpha value is -2.24. The lowest BCUT2D eigenvalue weighted by atomic mass is 10.2. The van der Waals surface area contributed by atoms with Crippen LogP contribution < -0.4 is 5.32 Å². The average molecular weight is 349 g/mol. The van der Waals surface area contributed by atoms with Crippen LogP contribution in [-0.2, 0) is 11.0 Å². The molecule has 1 aromatic heterocycles. The number of rotatable bonds is 3. The van der Waals surface area contributed by atoms with Gasteiger partial charge in [0.25, 0.3) is 0 Å². The van der Waals surface area contributed by atoms with Crippen molar-refractivity contribution in [3.8, 4) is 11.8 Å². The summed E-state index contributed by atoms with van der Waals surface area (Å²) >= 11 is 11.7. The van der Waals surface area contributed by atoms with Crippen molar-refractivity contribution >= 4 is 35.4 Å². The van der Waals surface area contributed by atoms with Crippen LogP contribution in [0.15, 0.2) is 18.2 Å². The molecule has 114 valence electrons. The third kappa shape index (κ3) is 3.00. The molecule has 0 saturated carbocycles. The molecular weight excluding hydrogens is 344 g/mol. The van der Waals surface area contributed by atoms with Gasteiger partial charge in [0, 0.05) is 6.07 Å². The lowest BCUT2D eigenvalue weighted by Gasteiger charge is -2.13. The molecular formula is C12H5Cl2F3N4O. The van der Waals surface area contributed by atoms with Gasteiger partial charge in [0.2, 0.25) is 6.41 Å². The number of benzene rings is 1. The number of carbonyl (C=O) groups is 1. The first-order valence-electron chi connectivity index (χ1n) is 5.55. The van der Waals surface area contributed by atoms with E-state index in [1.54, 1.807) is 6.07 Å². The highest BCUT2D eigenvalue weighted by atomic mass is 35.5. The lowest BCUT2D eigenvalue weighted by molar-refractivity contribution is -0.137. The van der Waals surface area contributed by atoms with E-state index in [0.29, 0.717) is 18.5 Å². The largest absolute Gasteiger partial charge is 0.416 e. The number of aromatic nitrogens is 2. The first-order chi connectivity index (χ1) is 10.3. The quantitative estimate of drug-likeness (QED) is 0.860. The summed E-state index contributed by atoms with van der Waals surface area (Å²) in [5.41, 5.74) is -1.18. The molecule has 1 N–H and O–H groups in total. The molecule has 0 atom stereocenters. The van der Waals surface area contributed by atoms with Gasteiger partial charge in [-0.05, 0) is 12.1 Å². The highest BCUT2D eigenvalue weighted by Gasteiger charge is 2.32. The van der Waals surface area contributed by atoms with Crippen molar-refractivity contribution in [2.24, 2.45) is 0 Å². The number of nitriles is 1. The van der Waals surface area contributed by atoms with Gasteiger partial charge in [-0.2, -0.15) is 23.5 Å². The topological polar surface area (TPSA) is 70.7 Å². The monoisotopic (exact) mass is 348 g/mol. The second-order valence-electron chi connectivity index (χ2n) is 3.99. The highest BCUT2D eigenvalue weighted by Crippen LogP contribution is 2.38. The van der Waals surface area contributed by atoms with Crippen LogP contribution >= 0.6 is 23.2 Å². The van der Waals surface area contributed by atoms with E-state index in [4.69, 9.17) is 28.5 Å². The minimum absolute atomic E-state index is 0.0371. The van der Waals surface area contributed by atoms with Crippen molar-refractivity contribution in [2.75, 3.05) is 5.32 Å². The van der Waals surface area contributed by atoms with Gasteiger partial charge in [0.15, 0.2) is 5.69 Å². The van der Waals surface area contributed by atoms with Crippen molar-refractivity contribution in [1.29, 1.82) is 5.26 Å². The predicted molar refractivity (Wildman–Crippen MR) is 73.0 cm³/mol. The second kappa shape index (κ2) is 5.87. The van der Waals surface area contributed by atoms with E-state index in [2.05, 4.69) is 10.4 Å². The van der Waals surface area contributed by atoms with Crippen molar-refractivity contribution < 1.29 is 18.0 Å². The van der Waals surface area contributed by atoms with Crippen molar-refractivity contribution in [1.82, 2.24) is 9.78 Å². The van der Waals surface area contributed by atoms with Crippen LogP contribution in [0, 0.1) is 11.3 Å². The van der Waals surface area contributed by atoms with Crippen LogP contribution in [0.1, 0.15) is 11.3 Å². The summed E-state index contributed by atoms with van der Waals surface area (Å²) in [4.78, 5) is 10.6. The molecule has 2 rings (SSSR count). The van der Waals surface area contributed by atoms with Crippen LogP contribution in [0.5, 0.6) is 0 Å². The zero-order valence-corrected chi connectivity index (χ0v) is 12.0. The van der Waals surface area contributed by atoms with Crippen LogP contribution in [0.25, 0.3) is 5.69 Å². The summed E-state index contributed by atoms with van der Waals surface area (Å²) < 4.78 is 39.1. The average Bonchev–Trinajstić information content (AvgIpc) is 2.80. The van der Waals surface area contributed by atoms with E-state index in [0.717, 1.165) is 4.68 Å². The predicted octanol–water partition coefficient (Wildman–Crippen LogP) is 3.64. The summed E-state index contributed by atoms with van der Waals surface area (Å²) in [5.74, 6) is 0.0371. The van der Waals surface area contributed by atoms with Gasteiger partial charge >= 0.3 is 6.18 Å². The molecule has 0 aliphatic heterocycles. The molecule has 5 nitrogen and oxygen atoms in total. The third-order valence-electron chi connectivity index (χ3n) is 2.59. The molecule has 0 bridgehead atoms. The number of amides is 1. The van der Waals surface area contributed by atoms with Crippen LogP contribution in [-0.4, -0.2) is 16.2 Å². The van der Waals surface area contributed by atoms with Gasteiger partial charge in [-0.25, -0.2) is 4.68 Å². The van der Waals surface area contributed by atoms with E-state index in [-0.39, 0.29) is 27.2 Å². The molecule has 0 fully saturated rings. The third-order valence-corrected chi connectivity index (χ3v) is 3.16. The van der Waals surface area contributed by atoms with E-state index < -0.39 is 11.7 Å². The molecule has 0 unspecified atom stereocenters. The first kappa shape index (κ1) is 16.1. The number of anilines is 1. The molecule has 22 heavy (non-hydrogen) atoms. The lowest BCUT2D eigenvalue weighted by Crippen LogP contribution is -2.09. The van der Waals surface area contributed by atoms with Crippen molar-refractivity contribution in [2.45, 2.75) is 6.18 Å². The zero-order valence-electron chi connectivity index (χ0n) is 10.4. The number of nitrogens with one attached hydrogen (secondary N) is 1. The molecule has 0 saturated heterocycles. The van der Waals surface area contributed by atoms with E-state index in [1.807, 2.05) is 0 Å². The van der Waals surface area contributed by atoms with Crippen LogP contribution in [0.4, 0.5) is 19.0 Å². The van der Waals surface area contributed by atoms with E-state index in [1.165, 1.54) is 6.07 Å². The fourth-order valence-corrected chi connectivity index (χ4v) is 2.35. The molecule has 1 heterocycles. The minimum Gasteiger partial charge on any atom is -0.313 e. The van der Waals surface area contributed by atoms with Crippen LogP contribution in [0.2, 0.25) is 10.0 Å². The molecule has 0 aliphatic carbocycles. The highest BCUT2D eigenvalue weighted by molar-refractivity contribution is 6.38. The Morgan fingerprint density at radius 3 is 2.32 bits per heavy atom. The van der Waals surface area contributed by atoms with E-state index in [9.17, 15) is 18.0 Å². The second-order valence-corrected chi connectivity index (χ2v) is 4.80. The summed E-state index contributed by atoms with van der Waals surface area (Å²) in [6, 6.07) is 4.32. The summed E-state index contributed by atoms with van der Waals surface area (Å²) in [5, 5.41) is 14.2. The number of hydrogen-bond donors (Lipinski definition) is 1. The standard InChI is InChI=1S/C12H5Cl2F3N4O/c13-8-1-6(12(15,16)17)2-9(14)11(8)21-10(19-5-22)3-7(4-18)20-21/h1-3,5H,(H,19,22). The Balaban J connectivity index is 2.66. The Bertz CT molecular complexity index is 757. The fourth-order valence-electron chi connectivity index (χ4n) is 1.70. The maximum atomic E-state index is 12.7. The minimum atomic E-state index is -4.61. The Morgan fingerprint density at radius 1 is 1.27 bits per heavy atom. The molecule has 0 radical (unpaired) electrons. The summed E-state index contributed by atoms with van der Waals surface area (Å²) in [6.07, 6.45) is -4.29. The normalized spacial score (nSPS) is 11.1. The van der Waals surface area contributed by atoms with Gasteiger partial charge in [-0.15, -0.1) is 0 Å². The molecule has 1 aromatic carbocycles. The molecule has 1 amide bonds. The number of nitrogens with zero attached hydrogens (tertiary/aromatic N) is 3. The van der Waals surface area contributed by atoms with Gasteiger partial charge in [0.1, 0.15) is 17.6 Å². The Kier molecular flexibility index (Phi) is 4.30. The van der Waals surface area contributed by atoms with Gasteiger partial charge in [0.05, 0.1) is 15.6 Å². The summed E-state index contributed by atoms with van der Waals surface area (Å²) in [6.45, 7) is 0. The number of carbonyl (C=O) groups excluding carboxylic acids is 1. The first-order valence-corrected chi connectivity index (χ1v) is 6.30. The van der Waals surface area contributed by atoms with E-state index >= 15 is 0 Å². The van der Waals surface area contributed by atoms with Crippen LogP contribution in [0.3, 0.4) is 0 Å². The fraction of sp³-hybridized carbons (Fsp3) is 0.0833. The number of halogens is 5. The van der Waals surface area contributed by atoms with Gasteiger partial charge < -0.3 is 5.32 Å². The molecule has 0 spiro atoms.